The van der Waals surface area contributed by atoms with Crippen molar-refractivity contribution in [3.63, 3.8) is 0 Å². The molecule has 4 N–H and O–H groups in total. The first kappa shape index (κ1) is 25.2. The van der Waals surface area contributed by atoms with Gasteiger partial charge in [0.1, 0.15) is 17.3 Å². The molecule has 1 spiro atoms. The number of fused-ring (bicyclic) bond motifs is 2. The van der Waals surface area contributed by atoms with E-state index in [0.29, 0.717) is 41.4 Å². The van der Waals surface area contributed by atoms with Crippen molar-refractivity contribution >= 4 is 29.5 Å². The second-order valence-corrected chi connectivity index (χ2v) is 12.0. The Labute approximate surface area is 220 Å². The summed E-state index contributed by atoms with van der Waals surface area (Å²) in [7, 11) is 1.68. The summed E-state index contributed by atoms with van der Waals surface area (Å²) in [5.41, 5.74) is 0.515. The fourth-order valence-corrected chi connectivity index (χ4v) is 7.58. The lowest BCUT2D eigenvalue weighted by molar-refractivity contribution is -0.167. The Morgan fingerprint density at radius 3 is 2.76 bits per heavy atom. The van der Waals surface area contributed by atoms with Gasteiger partial charge in [0.05, 0.1) is 48.2 Å². The Kier molecular flexibility index (Phi) is 5.61. The van der Waals surface area contributed by atoms with E-state index in [9.17, 15) is 19.8 Å². The Hall–Kier alpha value is -3.08. The van der Waals surface area contributed by atoms with Crippen LogP contribution in [0.1, 0.15) is 57.2 Å². The number of aryl methyl sites for hydroxylation is 1. The number of carbonyl (C=O) groups excluding carboxylic acids is 2. The predicted octanol–water partition coefficient (Wildman–Crippen LogP) is 2.47. The lowest BCUT2D eigenvalue weighted by atomic mass is 9.45. The lowest BCUT2D eigenvalue weighted by Gasteiger charge is -2.60. The largest absolute Gasteiger partial charge is 0.423 e. The van der Waals surface area contributed by atoms with Crippen molar-refractivity contribution in [2.24, 2.45) is 29.7 Å². The van der Waals surface area contributed by atoms with Crippen molar-refractivity contribution in [2.45, 2.75) is 57.7 Å². The van der Waals surface area contributed by atoms with Crippen LogP contribution < -0.4 is 5.32 Å². The highest BCUT2D eigenvalue weighted by Gasteiger charge is 2.66. The van der Waals surface area contributed by atoms with E-state index in [1.165, 1.54) is 4.68 Å². The molecule has 10 heteroatoms. The zero-order valence-corrected chi connectivity index (χ0v) is 21.9. The molecular weight excluding hydrogens is 488 g/mol. The number of ether oxygens (including phenoxy) is 2. The summed E-state index contributed by atoms with van der Waals surface area (Å²) in [5, 5.41) is 36.5. The number of rotatable bonds is 4. The topological polar surface area (TPSA) is 150 Å². The van der Waals surface area contributed by atoms with E-state index in [-0.39, 0.29) is 47.5 Å². The lowest BCUT2D eigenvalue weighted by Crippen LogP contribution is -2.60. The van der Waals surface area contributed by atoms with Gasteiger partial charge in [-0.2, -0.15) is 5.10 Å². The first-order valence-electron chi connectivity index (χ1n) is 13.2. The second kappa shape index (κ2) is 8.46. The molecule has 10 nitrogen and oxygen atoms in total. The molecule has 3 fully saturated rings. The normalized spacial score (nSPS) is 39.3. The maximum Gasteiger partial charge on any atom is 0.343 e. The van der Waals surface area contributed by atoms with E-state index in [1.54, 1.807) is 19.2 Å². The molecule has 1 aromatic heterocycles. The number of nitrogens with zero attached hydrogens (tertiary/aromatic N) is 2. The Balaban J connectivity index is 1.30. The molecule has 38 heavy (non-hydrogen) atoms. The Morgan fingerprint density at radius 1 is 1.29 bits per heavy atom. The van der Waals surface area contributed by atoms with Gasteiger partial charge in [-0.25, -0.2) is 4.79 Å². The van der Waals surface area contributed by atoms with E-state index in [2.05, 4.69) is 23.4 Å². The highest BCUT2D eigenvalue weighted by atomic mass is 16.6. The predicted molar refractivity (Wildman–Crippen MR) is 138 cm³/mol. The number of allylic oxidation sites excluding steroid dienone is 1. The molecular formula is C28H34N4O6. The average Bonchev–Trinajstić information content (AvgIpc) is 3.44. The van der Waals surface area contributed by atoms with E-state index in [1.807, 2.05) is 13.0 Å². The van der Waals surface area contributed by atoms with Crippen LogP contribution >= 0.6 is 0 Å². The summed E-state index contributed by atoms with van der Waals surface area (Å²) in [6.45, 7) is 4.83. The molecule has 1 saturated heterocycles. The average molecular weight is 523 g/mol. The quantitative estimate of drug-likeness (QED) is 0.350. The molecule has 202 valence electrons. The molecule has 2 aliphatic carbocycles. The van der Waals surface area contributed by atoms with Crippen LogP contribution in [0.25, 0.3) is 6.08 Å². The maximum absolute atomic E-state index is 12.8. The third kappa shape index (κ3) is 3.65. The molecule has 5 aliphatic rings. The minimum absolute atomic E-state index is 0.0285. The second-order valence-electron chi connectivity index (χ2n) is 12.0. The van der Waals surface area contributed by atoms with Crippen molar-refractivity contribution < 1.29 is 29.3 Å². The molecule has 0 aromatic carbocycles. The molecule has 3 unspecified atom stereocenters. The van der Waals surface area contributed by atoms with Crippen LogP contribution in [0.15, 0.2) is 29.6 Å². The maximum atomic E-state index is 12.8. The number of nitrogens with one attached hydrogen (secondary N) is 2. The molecule has 0 radical (unpaired) electrons. The van der Waals surface area contributed by atoms with Crippen LogP contribution in [0.3, 0.4) is 0 Å². The number of epoxide rings is 1. The highest BCUT2D eigenvalue weighted by molar-refractivity contribution is 6.20. The SMILES string of the molecule is Cn1nc(/C=C2C=C(/C=C/C3C4(CCC5[C@]3(C)CC[C@@H](O)[C@@]5(C)CO)CO4)C(=O)O\2)c2c1NC(=O)CC2=N. The summed E-state index contributed by atoms with van der Waals surface area (Å²) in [6, 6.07) is 0. The number of esters is 1. The summed E-state index contributed by atoms with van der Waals surface area (Å²) in [6.07, 6.45) is 9.75. The number of aliphatic hydroxyl groups excluding tert-OH is 2. The van der Waals surface area contributed by atoms with Gasteiger partial charge in [0.25, 0.3) is 0 Å². The molecule has 0 bridgehead atoms. The van der Waals surface area contributed by atoms with Crippen LogP contribution in [-0.4, -0.2) is 62.5 Å². The standard InChI is InChI=1S/C28H34N4O6/c1-26-8-7-21(34)27(2,13-33)19(26)6-9-28(14-37-28)20(26)5-4-15-10-16(38-25(15)36)11-18-23-17(29)12-22(35)30-24(23)32(3)31-18/h4-5,10-11,19-21,29,33-34H,6-9,12-14H2,1-3H3,(H,30,35)/b5-4+,16-11+,29-17?/t19?,20?,21-,26+,27+,28?/m1/s1. The summed E-state index contributed by atoms with van der Waals surface area (Å²) in [4.78, 5) is 24.6. The summed E-state index contributed by atoms with van der Waals surface area (Å²) >= 11 is 0. The van der Waals surface area contributed by atoms with Gasteiger partial charge in [-0.15, -0.1) is 0 Å². The van der Waals surface area contributed by atoms with Gasteiger partial charge in [-0.1, -0.05) is 26.0 Å². The number of cyclic esters (lactones) is 1. The number of carbonyl (C=O) groups is 2. The zero-order valence-electron chi connectivity index (χ0n) is 21.9. The fraction of sp³-hybridized carbons (Fsp3) is 0.571. The van der Waals surface area contributed by atoms with Gasteiger partial charge in [0.15, 0.2) is 0 Å². The first-order valence-corrected chi connectivity index (χ1v) is 13.2. The van der Waals surface area contributed by atoms with Crippen LogP contribution in [0.4, 0.5) is 5.82 Å². The van der Waals surface area contributed by atoms with Crippen molar-refractivity contribution in [2.75, 3.05) is 18.5 Å². The van der Waals surface area contributed by atoms with Gasteiger partial charge < -0.3 is 30.4 Å². The zero-order chi connectivity index (χ0) is 27.0. The number of aliphatic hydroxyl groups is 2. The molecule has 6 rings (SSSR count). The third-order valence-corrected chi connectivity index (χ3v) is 9.76. The van der Waals surface area contributed by atoms with Gasteiger partial charge in [-0.3, -0.25) is 9.48 Å². The van der Waals surface area contributed by atoms with E-state index in [4.69, 9.17) is 14.9 Å². The molecule has 2 saturated carbocycles. The first-order chi connectivity index (χ1) is 18.0. The van der Waals surface area contributed by atoms with Gasteiger partial charge in [0.2, 0.25) is 5.91 Å². The van der Waals surface area contributed by atoms with Crippen molar-refractivity contribution in [1.29, 1.82) is 5.41 Å². The van der Waals surface area contributed by atoms with Crippen molar-refractivity contribution in [1.82, 2.24) is 9.78 Å². The van der Waals surface area contributed by atoms with Crippen molar-refractivity contribution in [3.8, 4) is 0 Å². The minimum Gasteiger partial charge on any atom is -0.423 e. The third-order valence-electron chi connectivity index (χ3n) is 9.76. The monoisotopic (exact) mass is 522 g/mol. The molecule has 4 heterocycles. The molecule has 3 aliphatic heterocycles. The summed E-state index contributed by atoms with van der Waals surface area (Å²) in [5.74, 6) is 0.197. The van der Waals surface area contributed by atoms with Crippen LogP contribution in [0, 0.1) is 28.1 Å². The fourth-order valence-electron chi connectivity index (χ4n) is 7.58. The smallest absolute Gasteiger partial charge is 0.343 e. The van der Waals surface area contributed by atoms with Gasteiger partial charge in [-0.05, 0) is 43.1 Å². The van der Waals surface area contributed by atoms with Crippen LogP contribution in [-0.2, 0) is 26.1 Å². The van der Waals surface area contributed by atoms with E-state index in [0.717, 1.165) is 19.3 Å². The number of amides is 1. The number of aromatic nitrogens is 2. The van der Waals surface area contributed by atoms with Gasteiger partial charge >= 0.3 is 5.97 Å². The Morgan fingerprint density at radius 2 is 2.05 bits per heavy atom. The van der Waals surface area contributed by atoms with E-state index < -0.39 is 17.5 Å². The highest BCUT2D eigenvalue weighted by Crippen LogP contribution is 2.65. The van der Waals surface area contributed by atoms with Crippen LogP contribution in [0.5, 0.6) is 0 Å². The van der Waals surface area contributed by atoms with Crippen LogP contribution in [0.2, 0.25) is 0 Å². The van der Waals surface area contributed by atoms with E-state index >= 15 is 0 Å². The summed E-state index contributed by atoms with van der Waals surface area (Å²) < 4.78 is 13.0. The molecule has 1 amide bonds. The van der Waals surface area contributed by atoms with Crippen molar-refractivity contribution in [3.05, 3.63) is 40.8 Å². The number of hydrogen-bond donors (Lipinski definition) is 4. The molecule has 1 aromatic rings. The number of anilines is 1. The Bertz CT molecular complexity index is 1340. The van der Waals surface area contributed by atoms with Gasteiger partial charge in [0, 0.05) is 24.5 Å². The number of hydrogen-bond acceptors (Lipinski definition) is 8. The molecule has 6 atom stereocenters. The minimum atomic E-state index is -0.577.